The van der Waals surface area contributed by atoms with Gasteiger partial charge in [-0.1, -0.05) is 29.8 Å². The third-order valence-electron chi connectivity index (χ3n) is 6.04. The number of aliphatic carboxylic acids is 1. The molecular formula is C29H24ClF4NO3S2. The van der Waals surface area contributed by atoms with Gasteiger partial charge in [0.25, 0.3) is 0 Å². The fourth-order valence-electron chi connectivity index (χ4n) is 4.05. The third-order valence-corrected chi connectivity index (χ3v) is 8.99. The molecule has 40 heavy (non-hydrogen) atoms. The lowest BCUT2D eigenvalue weighted by Crippen LogP contribution is -2.10. The highest BCUT2D eigenvalue weighted by Gasteiger charge is 2.30. The number of carbonyl (C=O) groups is 1. The molecule has 1 unspecified atom stereocenters. The number of aryl methyl sites for hydroxylation is 2. The van der Waals surface area contributed by atoms with Crippen molar-refractivity contribution >= 4 is 40.7 Å². The van der Waals surface area contributed by atoms with Crippen LogP contribution in [0.25, 0.3) is 10.6 Å². The predicted molar refractivity (Wildman–Crippen MR) is 150 cm³/mol. The smallest absolute Gasteiger partial charge is 0.416 e. The fourth-order valence-corrected chi connectivity index (χ4v) is 6.69. The molecule has 0 radical (unpaired) electrons. The van der Waals surface area contributed by atoms with E-state index in [1.165, 1.54) is 35.6 Å². The van der Waals surface area contributed by atoms with E-state index in [1.807, 2.05) is 26.0 Å². The normalized spacial score (nSPS) is 12.4. The number of carboxylic acids is 1. The number of carboxylic acid groups (broad SMARTS) is 1. The predicted octanol–water partition coefficient (Wildman–Crippen LogP) is 9.03. The summed E-state index contributed by atoms with van der Waals surface area (Å²) in [6.07, 6.45) is -3.74. The molecule has 4 rings (SSSR count). The van der Waals surface area contributed by atoms with E-state index in [2.05, 4.69) is 0 Å². The molecule has 0 aliphatic rings. The van der Waals surface area contributed by atoms with Gasteiger partial charge < -0.3 is 9.84 Å². The van der Waals surface area contributed by atoms with Gasteiger partial charge in [0.05, 0.1) is 11.3 Å². The Morgan fingerprint density at radius 2 is 1.85 bits per heavy atom. The van der Waals surface area contributed by atoms with E-state index in [0.29, 0.717) is 39.7 Å². The van der Waals surface area contributed by atoms with Crippen molar-refractivity contribution in [3.05, 3.63) is 98.8 Å². The van der Waals surface area contributed by atoms with Crippen molar-refractivity contribution in [3.8, 4) is 16.3 Å². The number of halogens is 5. The molecule has 0 bridgehead atoms. The summed E-state index contributed by atoms with van der Waals surface area (Å²) < 4.78 is 59.0. The molecular weight excluding hydrogens is 586 g/mol. The Morgan fingerprint density at radius 1 is 1.12 bits per heavy atom. The minimum absolute atomic E-state index is 0.100. The minimum atomic E-state index is -4.44. The van der Waals surface area contributed by atoms with Crippen LogP contribution in [0.2, 0.25) is 5.02 Å². The molecule has 0 aliphatic carbocycles. The van der Waals surface area contributed by atoms with Gasteiger partial charge >= 0.3 is 12.1 Å². The van der Waals surface area contributed by atoms with Crippen LogP contribution in [0.3, 0.4) is 0 Å². The minimum Gasteiger partial charge on any atom is -0.482 e. The van der Waals surface area contributed by atoms with E-state index < -0.39 is 30.1 Å². The van der Waals surface area contributed by atoms with E-state index >= 15 is 0 Å². The Balaban J connectivity index is 1.62. The van der Waals surface area contributed by atoms with Gasteiger partial charge in [-0.05, 0) is 74.7 Å². The summed E-state index contributed by atoms with van der Waals surface area (Å²) in [4.78, 5) is 17.4. The molecule has 11 heteroatoms. The summed E-state index contributed by atoms with van der Waals surface area (Å²) in [6.45, 7) is 3.38. The van der Waals surface area contributed by atoms with Crippen molar-refractivity contribution < 1.29 is 32.2 Å². The molecule has 0 aliphatic heterocycles. The number of rotatable bonds is 10. The molecule has 4 nitrogen and oxygen atoms in total. The van der Waals surface area contributed by atoms with Gasteiger partial charge in [-0.15, -0.1) is 23.1 Å². The van der Waals surface area contributed by atoms with Crippen LogP contribution in [-0.2, 0) is 23.8 Å². The van der Waals surface area contributed by atoms with E-state index in [1.54, 1.807) is 23.9 Å². The number of aromatic nitrogens is 1. The van der Waals surface area contributed by atoms with Crippen LogP contribution in [0.5, 0.6) is 5.75 Å². The Hall–Kier alpha value is -3.08. The summed E-state index contributed by atoms with van der Waals surface area (Å²) in [6, 6.07) is 14.8. The number of ether oxygens (including phenoxy) is 1. The summed E-state index contributed by atoms with van der Waals surface area (Å²) >= 11 is 9.16. The summed E-state index contributed by atoms with van der Waals surface area (Å²) in [5.74, 6) is -0.996. The first-order valence-corrected chi connectivity index (χ1v) is 14.2. The van der Waals surface area contributed by atoms with Crippen LogP contribution in [0.4, 0.5) is 17.6 Å². The number of hydrogen-bond donors (Lipinski definition) is 1. The van der Waals surface area contributed by atoms with Gasteiger partial charge in [0.15, 0.2) is 6.61 Å². The van der Waals surface area contributed by atoms with Gasteiger partial charge in [0, 0.05) is 31.2 Å². The van der Waals surface area contributed by atoms with E-state index in [0.717, 1.165) is 33.2 Å². The van der Waals surface area contributed by atoms with Gasteiger partial charge in [-0.3, -0.25) is 0 Å². The first kappa shape index (κ1) is 29.9. The summed E-state index contributed by atoms with van der Waals surface area (Å²) in [5, 5.41) is 9.65. The first-order valence-electron chi connectivity index (χ1n) is 12.1. The zero-order chi connectivity index (χ0) is 29.0. The van der Waals surface area contributed by atoms with Crippen LogP contribution >= 0.6 is 34.7 Å². The Morgan fingerprint density at radius 3 is 2.48 bits per heavy atom. The number of alkyl halides is 3. The monoisotopic (exact) mass is 609 g/mol. The molecule has 0 saturated heterocycles. The average molecular weight is 610 g/mol. The number of thiazole rings is 1. The summed E-state index contributed by atoms with van der Waals surface area (Å²) in [5.41, 5.74) is 1.70. The third kappa shape index (κ3) is 7.35. The lowest BCUT2D eigenvalue weighted by molar-refractivity contribution is -0.139. The molecule has 1 aromatic heterocycles. The second kappa shape index (κ2) is 12.6. The second-order valence-corrected chi connectivity index (χ2v) is 11.8. The number of hydrogen-bond acceptors (Lipinski definition) is 5. The van der Waals surface area contributed by atoms with Crippen LogP contribution in [0, 0.1) is 12.7 Å². The number of nitrogens with zero attached hydrogens (tertiary/aromatic N) is 1. The number of thioether (sulfide) groups is 1. The van der Waals surface area contributed by atoms with Crippen molar-refractivity contribution in [1.82, 2.24) is 4.98 Å². The lowest BCUT2D eigenvalue weighted by Gasteiger charge is -2.14. The van der Waals surface area contributed by atoms with Gasteiger partial charge in [-0.25, -0.2) is 14.2 Å². The summed E-state index contributed by atoms with van der Waals surface area (Å²) in [7, 11) is 0. The zero-order valence-corrected chi connectivity index (χ0v) is 23.8. The van der Waals surface area contributed by atoms with Crippen molar-refractivity contribution in [2.24, 2.45) is 0 Å². The van der Waals surface area contributed by atoms with Crippen LogP contribution in [0.1, 0.15) is 39.4 Å². The van der Waals surface area contributed by atoms with Crippen molar-refractivity contribution in [2.75, 3.05) is 6.61 Å². The quantitative estimate of drug-likeness (QED) is 0.144. The molecule has 4 aromatic rings. The maximum Gasteiger partial charge on any atom is 0.416 e. The van der Waals surface area contributed by atoms with Gasteiger partial charge in [0.2, 0.25) is 0 Å². The van der Waals surface area contributed by atoms with Crippen LogP contribution in [0.15, 0.2) is 65.6 Å². The van der Waals surface area contributed by atoms with E-state index in [-0.39, 0.29) is 5.25 Å². The molecule has 0 fully saturated rings. The Kier molecular flexibility index (Phi) is 9.43. The molecule has 210 valence electrons. The fraction of sp³-hybridized carbons (Fsp3) is 0.241. The lowest BCUT2D eigenvalue weighted by atomic mass is 10.1. The van der Waals surface area contributed by atoms with Crippen molar-refractivity contribution in [3.63, 3.8) is 0 Å². The van der Waals surface area contributed by atoms with E-state index in [9.17, 15) is 22.4 Å². The molecule has 0 spiro atoms. The largest absolute Gasteiger partial charge is 0.482 e. The standard InChI is InChI=1S/C29H24ClF4NO3S2/c1-16-14-20(10-13-25(16)38-15-26(36)37)39-17(2)27-24(12-11-21-22(30)4-3-5-23(21)31)35-28(40-27)18-6-8-19(9-7-18)29(32,33)34/h3-10,13-14,17H,11-12,15H2,1-2H3,(H,36,37). The molecule has 1 N–H and O–H groups in total. The number of benzene rings is 3. The SMILES string of the molecule is Cc1cc(SC(C)c2sc(-c3ccc(C(F)(F)F)cc3)nc2CCc2c(F)cccc2Cl)ccc1OCC(=O)O. The molecule has 1 heterocycles. The highest BCUT2D eigenvalue weighted by Crippen LogP contribution is 2.43. The van der Waals surface area contributed by atoms with Gasteiger partial charge in [0.1, 0.15) is 16.6 Å². The average Bonchev–Trinajstić information content (AvgIpc) is 3.32. The topological polar surface area (TPSA) is 59.4 Å². The highest BCUT2D eigenvalue weighted by atomic mass is 35.5. The maximum atomic E-state index is 14.4. The Bertz CT molecular complexity index is 1490. The second-order valence-electron chi connectivity index (χ2n) is 8.98. The molecule has 3 aromatic carbocycles. The van der Waals surface area contributed by atoms with Crippen molar-refractivity contribution in [1.29, 1.82) is 0 Å². The van der Waals surface area contributed by atoms with E-state index in [4.69, 9.17) is 26.4 Å². The molecule has 1 atom stereocenters. The molecule has 0 amide bonds. The first-order chi connectivity index (χ1) is 18.9. The van der Waals surface area contributed by atoms with Crippen molar-refractivity contribution in [2.45, 2.75) is 43.0 Å². The molecule has 0 saturated carbocycles. The van der Waals surface area contributed by atoms with Crippen LogP contribution in [-0.4, -0.2) is 22.7 Å². The highest BCUT2D eigenvalue weighted by molar-refractivity contribution is 7.99. The zero-order valence-electron chi connectivity index (χ0n) is 21.4. The van der Waals surface area contributed by atoms with Crippen LogP contribution < -0.4 is 4.74 Å². The van der Waals surface area contributed by atoms with Gasteiger partial charge in [-0.2, -0.15) is 13.2 Å². The maximum absolute atomic E-state index is 14.4. The Labute approximate surface area is 242 Å².